The number of nitrogens with zero attached hydrogens (tertiary/aromatic N) is 3. The molecule has 0 atom stereocenters. The Hall–Kier alpha value is -1.53. The molecule has 0 saturated carbocycles. The molecule has 0 saturated heterocycles. The molecule has 0 aliphatic carbocycles. The summed E-state index contributed by atoms with van der Waals surface area (Å²) in [6, 6.07) is 3.74. The fourth-order valence-electron chi connectivity index (χ4n) is 2.03. The van der Waals surface area contributed by atoms with Crippen molar-refractivity contribution in [2.75, 3.05) is 36.9 Å². The van der Waals surface area contributed by atoms with Gasteiger partial charge < -0.3 is 15.0 Å². The molecule has 0 radical (unpaired) electrons. The average molecular weight is 322 g/mol. The van der Waals surface area contributed by atoms with Gasteiger partial charge in [-0.1, -0.05) is 0 Å². The number of hydrogen-bond acceptors (Lipinski definition) is 4. The van der Waals surface area contributed by atoms with E-state index in [0.29, 0.717) is 12.5 Å². The summed E-state index contributed by atoms with van der Waals surface area (Å²) in [6.45, 7) is 5.37. The van der Waals surface area contributed by atoms with Crippen LogP contribution in [0.5, 0.6) is 0 Å². The molecule has 2 aromatic heterocycles. The molecule has 0 aromatic carbocycles. The third-order valence-corrected chi connectivity index (χ3v) is 4.95. The Balaban J connectivity index is 2.15. The number of hydrogen-bond donors (Lipinski definition) is 1. The molecule has 0 aliphatic heterocycles. The molecule has 0 bridgehead atoms. The Bertz CT molecular complexity index is 629. The number of pyridine rings is 1. The van der Waals surface area contributed by atoms with E-state index in [1.807, 2.05) is 13.0 Å². The molecule has 6 heteroatoms. The van der Waals surface area contributed by atoms with Crippen LogP contribution in [0, 0.1) is 13.8 Å². The molecule has 2 rings (SSSR count). The van der Waals surface area contributed by atoms with Crippen LogP contribution in [-0.2, 0) is 11.5 Å². The Morgan fingerprint density at radius 2 is 1.95 bits per heavy atom. The molecule has 2 aromatic rings. The first-order valence-corrected chi connectivity index (χ1v) is 10.3. The van der Waals surface area contributed by atoms with Crippen molar-refractivity contribution in [3.8, 4) is 11.4 Å². The van der Waals surface area contributed by atoms with E-state index in [4.69, 9.17) is 10.5 Å². The summed E-state index contributed by atoms with van der Waals surface area (Å²) in [4.78, 5) is 8.80. The van der Waals surface area contributed by atoms with Gasteiger partial charge in [-0.3, -0.25) is 0 Å². The number of rotatable bonds is 6. The zero-order valence-corrected chi connectivity index (χ0v) is 14.9. The van der Waals surface area contributed by atoms with Crippen molar-refractivity contribution < 1.29 is 4.74 Å². The molecule has 22 heavy (non-hydrogen) atoms. The molecule has 5 nitrogen and oxygen atoms in total. The fraction of sp³-hybridized carbons (Fsp3) is 0.500. The van der Waals surface area contributed by atoms with E-state index in [9.17, 15) is 0 Å². The van der Waals surface area contributed by atoms with Crippen LogP contribution in [0.1, 0.15) is 11.4 Å². The first-order chi connectivity index (χ1) is 10.3. The Labute approximate surface area is 134 Å². The van der Waals surface area contributed by atoms with Gasteiger partial charge in [0.2, 0.25) is 0 Å². The van der Waals surface area contributed by atoms with Crippen molar-refractivity contribution in [1.29, 1.82) is 0 Å². The molecule has 0 aliphatic rings. The first kappa shape index (κ1) is 16.8. The number of ether oxygens (including phenoxy) is 1. The van der Waals surface area contributed by atoms with Crippen molar-refractivity contribution in [2.24, 2.45) is 0 Å². The number of aryl methyl sites for hydroxylation is 1. The Morgan fingerprint density at radius 3 is 2.55 bits per heavy atom. The highest BCUT2D eigenvalue weighted by Gasteiger charge is 2.13. The van der Waals surface area contributed by atoms with Gasteiger partial charge in [0.1, 0.15) is 18.4 Å². The monoisotopic (exact) mass is 322 g/mol. The van der Waals surface area contributed by atoms with Crippen molar-refractivity contribution in [3.05, 3.63) is 29.7 Å². The van der Waals surface area contributed by atoms with Gasteiger partial charge in [-0.05, 0) is 44.7 Å². The smallest absolute Gasteiger partial charge is 0.143 e. The largest absolute Gasteiger partial charge is 0.384 e. The third-order valence-electron chi connectivity index (χ3n) is 3.56. The molecular formula is C16H26N4OS. The fourth-order valence-corrected chi connectivity index (χ4v) is 2.65. The van der Waals surface area contributed by atoms with Gasteiger partial charge in [0.25, 0.3) is 0 Å². The van der Waals surface area contributed by atoms with Gasteiger partial charge in [-0.25, -0.2) is 20.0 Å². The summed E-state index contributed by atoms with van der Waals surface area (Å²) in [5.41, 5.74) is 8.74. The average Bonchev–Trinajstić information content (AvgIpc) is 2.71. The van der Waals surface area contributed by atoms with Crippen LogP contribution >= 0.6 is 10.0 Å². The number of nitrogens with two attached hydrogens (primary N) is 1. The number of anilines is 1. The van der Waals surface area contributed by atoms with E-state index in [2.05, 4.69) is 40.2 Å². The molecule has 0 spiro atoms. The molecule has 0 fully saturated rings. The van der Waals surface area contributed by atoms with Crippen molar-refractivity contribution in [2.45, 2.75) is 20.6 Å². The SMILES string of the molecule is Cc1nc(-c2ccc(N)nc2)n(COCCS(C)(C)C)c1C. The summed E-state index contributed by atoms with van der Waals surface area (Å²) < 4.78 is 7.97. The van der Waals surface area contributed by atoms with Gasteiger partial charge in [0.05, 0.1) is 12.3 Å². The highest BCUT2D eigenvalue weighted by Crippen LogP contribution is 2.33. The van der Waals surface area contributed by atoms with Gasteiger partial charge in [0, 0.05) is 23.2 Å². The Kier molecular flexibility index (Phi) is 5.13. The van der Waals surface area contributed by atoms with Gasteiger partial charge in [-0.2, -0.15) is 0 Å². The summed E-state index contributed by atoms with van der Waals surface area (Å²) in [5, 5.41) is 0. The van der Waals surface area contributed by atoms with Crippen LogP contribution in [0.3, 0.4) is 0 Å². The molecule has 122 valence electrons. The van der Waals surface area contributed by atoms with Gasteiger partial charge >= 0.3 is 0 Å². The zero-order valence-electron chi connectivity index (χ0n) is 14.1. The van der Waals surface area contributed by atoms with Crippen LogP contribution in [0.4, 0.5) is 5.82 Å². The summed E-state index contributed by atoms with van der Waals surface area (Å²) >= 11 is 0. The maximum atomic E-state index is 5.87. The van der Waals surface area contributed by atoms with E-state index < -0.39 is 10.0 Å². The Morgan fingerprint density at radius 1 is 1.23 bits per heavy atom. The van der Waals surface area contributed by atoms with Crippen LogP contribution < -0.4 is 5.73 Å². The summed E-state index contributed by atoms with van der Waals surface area (Å²) in [6.07, 6.45) is 8.66. The predicted molar refractivity (Wildman–Crippen MR) is 95.5 cm³/mol. The second-order valence-electron chi connectivity index (χ2n) is 6.34. The van der Waals surface area contributed by atoms with Crippen LogP contribution in [0.25, 0.3) is 11.4 Å². The highest BCUT2D eigenvalue weighted by molar-refractivity contribution is 8.32. The minimum atomic E-state index is -0.524. The van der Waals surface area contributed by atoms with Crippen molar-refractivity contribution in [3.63, 3.8) is 0 Å². The predicted octanol–water partition coefficient (Wildman–Crippen LogP) is 2.81. The highest BCUT2D eigenvalue weighted by atomic mass is 32.3. The van der Waals surface area contributed by atoms with Crippen LogP contribution in [0.15, 0.2) is 18.3 Å². The zero-order chi connectivity index (χ0) is 16.3. The van der Waals surface area contributed by atoms with E-state index in [-0.39, 0.29) is 0 Å². The van der Waals surface area contributed by atoms with Gasteiger partial charge in [-0.15, -0.1) is 0 Å². The lowest BCUT2D eigenvalue weighted by atomic mass is 10.2. The molecule has 0 unspecified atom stereocenters. The van der Waals surface area contributed by atoms with Crippen LogP contribution in [-0.4, -0.2) is 45.7 Å². The lowest BCUT2D eigenvalue weighted by Crippen LogP contribution is -2.11. The lowest BCUT2D eigenvalue weighted by Gasteiger charge is -2.24. The van der Waals surface area contributed by atoms with Crippen LogP contribution in [0.2, 0.25) is 0 Å². The van der Waals surface area contributed by atoms with E-state index in [1.165, 1.54) is 0 Å². The topological polar surface area (TPSA) is 66.0 Å². The number of aromatic nitrogens is 3. The quantitative estimate of drug-likeness (QED) is 0.831. The number of imidazole rings is 1. The standard InChI is InChI=1S/C16H26N4OS/c1-12-13(2)20(11-21-8-9-22(3,4)5)16(19-12)14-6-7-15(17)18-10-14/h6-7,10H,8-9,11H2,1-5H3,(H2,17,18). The molecular weight excluding hydrogens is 296 g/mol. The summed E-state index contributed by atoms with van der Waals surface area (Å²) in [5.74, 6) is 2.50. The van der Waals surface area contributed by atoms with E-state index in [0.717, 1.165) is 35.1 Å². The van der Waals surface area contributed by atoms with E-state index >= 15 is 0 Å². The second kappa shape index (κ2) is 6.71. The second-order valence-corrected chi connectivity index (χ2v) is 10.9. The minimum absolute atomic E-state index is 0.514. The minimum Gasteiger partial charge on any atom is -0.384 e. The number of nitrogen functional groups attached to an aromatic ring is 1. The normalized spacial score (nSPS) is 12.6. The maximum absolute atomic E-state index is 5.87. The third kappa shape index (κ3) is 4.24. The van der Waals surface area contributed by atoms with Crippen molar-refractivity contribution >= 4 is 15.8 Å². The first-order valence-electron chi connectivity index (χ1n) is 7.27. The molecule has 0 amide bonds. The van der Waals surface area contributed by atoms with Crippen molar-refractivity contribution in [1.82, 2.24) is 14.5 Å². The molecule has 2 heterocycles. The molecule has 2 N–H and O–H groups in total. The summed E-state index contributed by atoms with van der Waals surface area (Å²) in [7, 11) is -0.524. The van der Waals surface area contributed by atoms with Gasteiger partial charge in [0.15, 0.2) is 0 Å². The maximum Gasteiger partial charge on any atom is 0.143 e. The van der Waals surface area contributed by atoms with E-state index in [1.54, 1.807) is 12.3 Å². The lowest BCUT2D eigenvalue weighted by molar-refractivity contribution is 0.0894.